The highest BCUT2D eigenvalue weighted by Crippen LogP contribution is 2.07. The Morgan fingerprint density at radius 3 is 2.29 bits per heavy atom. The van der Waals surface area contributed by atoms with Crippen LogP contribution in [0, 0.1) is 0 Å². The topological polar surface area (TPSA) is 23.6 Å². The predicted octanol–water partition coefficient (Wildman–Crippen LogP) is 0.992. The standard InChI is InChI=1S/C11H22N2O/c1-4-5-12-6-8-13(9-7-12)10(2)11(3)14/h10H,4-9H2,1-3H3. The molecule has 0 spiro atoms. The molecule has 0 bridgehead atoms. The monoisotopic (exact) mass is 198 g/mol. The molecule has 1 saturated heterocycles. The third-order valence-electron chi connectivity index (χ3n) is 3.08. The van der Waals surface area contributed by atoms with Crippen molar-refractivity contribution < 1.29 is 4.79 Å². The maximum absolute atomic E-state index is 11.2. The highest BCUT2D eigenvalue weighted by Gasteiger charge is 2.22. The van der Waals surface area contributed by atoms with Crippen LogP contribution < -0.4 is 0 Å². The third kappa shape index (κ3) is 3.07. The van der Waals surface area contributed by atoms with Crippen molar-refractivity contribution in [2.75, 3.05) is 32.7 Å². The van der Waals surface area contributed by atoms with Crippen molar-refractivity contribution in [1.82, 2.24) is 9.80 Å². The van der Waals surface area contributed by atoms with Crippen molar-refractivity contribution in [1.29, 1.82) is 0 Å². The van der Waals surface area contributed by atoms with Gasteiger partial charge in [-0.2, -0.15) is 0 Å². The zero-order valence-corrected chi connectivity index (χ0v) is 9.62. The molecule has 0 aliphatic carbocycles. The summed E-state index contributed by atoms with van der Waals surface area (Å²) in [7, 11) is 0. The second-order valence-corrected chi connectivity index (χ2v) is 4.16. The number of ketones is 1. The van der Waals surface area contributed by atoms with Gasteiger partial charge in [0.2, 0.25) is 0 Å². The molecule has 0 amide bonds. The lowest BCUT2D eigenvalue weighted by atomic mass is 10.1. The van der Waals surface area contributed by atoms with Gasteiger partial charge in [0, 0.05) is 26.2 Å². The molecule has 82 valence electrons. The van der Waals surface area contributed by atoms with E-state index in [1.54, 1.807) is 6.92 Å². The Hall–Kier alpha value is -0.410. The van der Waals surface area contributed by atoms with Gasteiger partial charge in [0.05, 0.1) is 6.04 Å². The van der Waals surface area contributed by atoms with Crippen molar-refractivity contribution in [2.45, 2.75) is 33.2 Å². The molecule has 1 fully saturated rings. The molecule has 3 heteroatoms. The summed E-state index contributed by atoms with van der Waals surface area (Å²) in [6, 6.07) is 0.110. The van der Waals surface area contributed by atoms with Crippen LogP contribution in [0.25, 0.3) is 0 Å². The molecule has 0 saturated carbocycles. The molecule has 14 heavy (non-hydrogen) atoms. The van der Waals surface area contributed by atoms with Gasteiger partial charge in [-0.15, -0.1) is 0 Å². The first-order valence-corrected chi connectivity index (χ1v) is 5.62. The molecule has 0 N–H and O–H groups in total. The van der Waals surface area contributed by atoms with Gasteiger partial charge >= 0.3 is 0 Å². The van der Waals surface area contributed by atoms with Gasteiger partial charge in [-0.3, -0.25) is 9.69 Å². The molecule has 1 atom stereocenters. The number of hydrogen-bond donors (Lipinski definition) is 0. The lowest BCUT2D eigenvalue weighted by Crippen LogP contribution is -2.51. The number of nitrogens with zero attached hydrogens (tertiary/aromatic N) is 2. The second-order valence-electron chi connectivity index (χ2n) is 4.16. The average Bonchev–Trinajstić information content (AvgIpc) is 2.18. The Kier molecular flexibility index (Phi) is 4.55. The lowest BCUT2D eigenvalue weighted by molar-refractivity contribution is -0.122. The maximum Gasteiger partial charge on any atom is 0.146 e. The Bertz CT molecular complexity index is 186. The summed E-state index contributed by atoms with van der Waals surface area (Å²) in [5.74, 6) is 0.286. The van der Waals surface area contributed by atoms with E-state index >= 15 is 0 Å². The SMILES string of the molecule is CCCN1CCN(C(C)C(C)=O)CC1. The summed E-state index contributed by atoms with van der Waals surface area (Å²) in [6.07, 6.45) is 1.22. The highest BCUT2D eigenvalue weighted by molar-refractivity contribution is 5.80. The van der Waals surface area contributed by atoms with Gasteiger partial charge in [0.15, 0.2) is 0 Å². The molecular weight excluding hydrogens is 176 g/mol. The van der Waals surface area contributed by atoms with Crippen LogP contribution in [-0.4, -0.2) is 54.3 Å². The molecular formula is C11H22N2O. The molecule has 1 aliphatic heterocycles. The Morgan fingerprint density at radius 2 is 1.86 bits per heavy atom. The van der Waals surface area contributed by atoms with Gasteiger partial charge in [-0.25, -0.2) is 0 Å². The summed E-state index contributed by atoms with van der Waals surface area (Å²) in [4.78, 5) is 16.0. The number of carbonyl (C=O) groups is 1. The van der Waals surface area contributed by atoms with E-state index in [0.29, 0.717) is 0 Å². The van der Waals surface area contributed by atoms with Gasteiger partial charge in [0.25, 0.3) is 0 Å². The largest absolute Gasteiger partial charge is 0.301 e. The molecule has 1 unspecified atom stereocenters. The van der Waals surface area contributed by atoms with Crippen LogP contribution in [0.15, 0.2) is 0 Å². The van der Waals surface area contributed by atoms with E-state index in [-0.39, 0.29) is 11.8 Å². The van der Waals surface area contributed by atoms with Gasteiger partial charge in [0.1, 0.15) is 5.78 Å². The van der Waals surface area contributed by atoms with Gasteiger partial charge < -0.3 is 4.90 Å². The Balaban J connectivity index is 2.31. The number of Topliss-reactive ketones (excluding diaryl/α,β-unsaturated/α-hetero) is 1. The zero-order chi connectivity index (χ0) is 10.6. The Labute approximate surface area is 87.1 Å². The van der Waals surface area contributed by atoms with E-state index < -0.39 is 0 Å². The Morgan fingerprint density at radius 1 is 1.29 bits per heavy atom. The number of piperazine rings is 1. The summed E-state index contributed by atoms with van der Waals surface area (Å²) in [5.41, 5.74) is 0. The molecule has 0 radical (unpaired) electrons. The first kappa shape index (κ1) is 11.7. The fourth-order valence-corrected chi connectivity index (χ4v) is 1.95. The predicted molar refractivity (Wildman–Crippen MR) is 58.4 cm³/mol. The first-order chi connectivity index (χ1) is 6.65. The molecule has 1 rings (SSSR count). The van der Waals surface area contributed by atoms with Crippen LogP contribution >= 0.6 is 0 Å². The lowest BCUT2D eigenvalue weighted by Gasteiger charge is -2.37. The van der Waals surface area contributed by atoms with E-state index in [1.807, 2.05) is 6.92 Å². The van der Waals surface area contributed by atoms with Crippen molar-refractivity contribution in [3.8, 4) is 0 Å². The zero-order valence-electron chi connectivity index (χ0n) is 9.62. The van der Waals surface area contributed by atoms with Crippen LogP contribution in [0.2, 0.25) is 0 Å². The molecule has 1 aliphatic rings. The number of rotatable bonds is 4. The number of carbonyl (C=O) groups excluding carboxylic acids is 1. The second kappa shape index (κ2) is 5.47. The molecule has 0 aromatic rings. The van der Waals surface area contributed by atoms with Crippen LogP contribution in [0.3, 0.4) is 0 Å². The van der Waals surface area contributed by atoms with E-state index in [1.165, 1.54) is 13.0 Å². The van der Waals surface area contributed by atoms with E-state index in [9.17, 15) is 4.79 Å². The van der Waals surface area contributed by atoms with E-state index in [2.05, 4.69) is 16.7 Å². The van der Waals surface area contributed by atoms with E-state index in [0.717, 1.165) is 26.2 Å². The van der Waals surface area contributed by atoms with Crippen molar-refractivity contribution in [3.05, 3.63) is 0 Å². The maximum atomic E-state index is 11.2. The summed E-state index contributed by atoms with van der Waals surface area (Å²) in [6.45, 7) is 11.4. The average molecular weight is 198 g/mol. The van der Waals surface area contributed by atoms with Crippen LogP contribution in [0.4, 0.5) is 0 Å². The van der Waals surface area contributed by atoms with Crippen molar-refractivity contribution in [2.24, 2.45) is 0 Å². The third-order valence-corrected chi connectivity index (χ3v) is 3.08. The summed E-state index contributed by atoms with van der Waals surface area (Å²) < 4.78 is 0. The molecule has 3 nitrogen and oxygen atoms in total. The summed E-state index contributed by atoms with van der Waals surface area (Å²) >= 11 is 0. The minimum absolute atomic E-state index is 0.110. The quantitative estimate of drug-likeness (QED) is 0.673. The minimum Gasteiger partial charge on any atom is -0.301 e. The van der Waals surface area contributed by atoms with Gasteiger partial charge in [-0.1, -0.05) is 6.92 Å². The van der Waals surface area contributed by atoms with Crippen LogP contribution in [0.5, 0.6) is 0 Å². The van der Waals surface area contributed by atoms with Crippen LogP contribution in [0.1, 0.15) is 27.2 Å². The summed E-state index contributed by atoms with van der Waals surface area (Å²) in [5, 5.41) is 0. The van der Waals surface area contributed by atoms with Crippen molar-refractivity contribution >= 4 is 5.78 Å². The van der Waals surface area contributed by atoms with Crippen molar-refractivity contribution in [3.63, 3.8) is 0 Å². The fraction of sp³-hybridized carbons (Fsp3) is 0.909. The minimum atomic E-state index is 0.110. The van der Waals surface area contributed by atoms with E-state index in [4.69, 9.17) is 0 Å². The molecule has 0 aromatic carbocycles. The highest BCUT2D eigenvalue weighted by atomic mass is 16.1. The fourth-order valence-electron chi connectivity index (χ4n) is 1.95. The first-order valence-electron chi connectivity index (χ1n) is 5.62. The molecule has 0 aromatic heterocycles. The smallest absolute Gasteiger partial charge is 0.146 e. The molecule has 1 heterocycles. The normalized spacial score (nSPS) is 22.2. The number of hydrogen-bond acceptors (Lipinski definition) is 3. The van der Waals surface area contributed by atoms with Gasteiger partial charge in [-0.05, 0) is 26.8 Å². The van der Waals surface area contributed by atoms with Crippen LogP contribution in [-0.2, 0) is 4.79 Å².